The summed E-state index contributed by atoms with van der Waals surface area (Å²) in [6.45, 7) is 0. The van der Waals surface area contributed by atoms with E-state index in [9.17, 15) is 4.39 Å². The third-order valence-electron chi connectivity index (χ3n) is 2.21. The van der Waals surface area contributed by atoms with E-state index in [4.69, 9.17) is 4.74 Å². The van der Waals surface area contributed by atoms with Crippen molar-refractivity contribution in [3.05, 3.63) is 36.3 Å². The van der Waals surface area contributed by atoms with E-state index in [1.165, 1.54) is 11.8 Å². The molecule has 1 N–H and O–H groups in total. The zero-order valence-corrected chi connectivity index (χ0v) is 10.8. The Bertz CT molecular complexity index is 551. The molecule has 6 heteroatoms. The molecule has 0 fully saturated rings. The monoisotopic (exact) mass is 265 g/mol. The fourth-order valence-electron chi connectivity index (χ4n) is 1.35. The molecule has 4 nitrogen and oxygen atoms in total. The number of hydrogen-bond donors (Lipinski definition) is 1. The summed E-state index contributed by atoms with van der Waals surface area (Å²) in [5, 5.41) is 3.04. The first kappa shape index (κ1) is 12.6. The van der Waals surface area contributed by atoms with Crippen LogP contribution in [0.15, 0.2) is 40.4 Å². The van der Waals surface area contributed by atoms with Crippen LogP contribution in [0.1, 0.15) is 0 Å². The van der Waals surface area contributed by atoms with Gasteiger partial charge in [-0.25, -0.2) is 14.4 Å². The first-order chi connectivity index (χ1) is 8.74. The molecule has 0 amide bonds. The molecule has 0 aliphatic heterocycles. The van der Waals surface area contributed by atoms with Gasteiger partial charge < -0.3 is 10.1 Å². The highest BCUT2D eigenvalue weighted by Crippen LogP contribution is 2.34. The van der Waals surface area contributed by atoms with Crippen molar-refractivity contribution in [3.8, 4) is 5.75 Å². The molecule has 0 radical (unpaired) electrons. The highest BCUT2D eigenvalue weighted by Gasteiger charge is 2.11. The number of ether oxygens (including phenoxy) is 1. The van der Waals surface area contributed by atoms with Crippen LogP contribution in [0.2, 0.25) is 0 Å². The number of benzene rings is 1. The molecule has 2 aromatic rings. The maximum atomic E-state index is 13.6. The molecule has 0 spiro atoms. The molecule has 0 saturated heterocycles. The standard InChI is InChI=1S/C12H12FN3OS/c1-14-12-15-7-8(13)11(16-12)18-10-6-4-3-5-9(10)17-2/h3-7H,1-2H3,(H,14,15,16). The van der Waals surface area contributed by atoms with Gasteiger partial charge >= 0.3 is 0 Å². The molecule has 1 aromatic carbocycles. The lowest BCUT2D eigenvalue weighted by atomic mass is 10.3. The maximum Gasteiger partial charge on any atom is 0.223 e. The van der Waals surface area contributed by atoms with Crippen molar-refractivity contribution in [2.75, 3.05) is 19.5 Å². The van der Waals surface area contributed by atoms with Gasteiger partial charge in [0.05, 0.1) is 18.2 Å². The van der Waals surface area contributed by atoms with Crippen molar-refractivity contribution in [2.24, 2.45) is 0 Å². The van der Waals surface area contributed by atoms with E-state index in [-0.39, 0.29) is 5.03 Å². The van der Waals surface area contributed by atoms with Gasteiger partial charge in [-0.15, -0.1) is 0 Å². The van der Waals surface area contributed by atoms with Gasteiger partial charge in [0.2, 0.25) is 5.95 Å². The zero-order valence-electron chi connectivity index (χ0n) is 9.98. The molecule has 0 bridgehead atoms. The van der Waals surface area contributed by atoms with Crippen molar-refractivity contribution in [1.82, 2.24) is 9.97 Å². The maximum absolute atomic E-state index is 13.6. The third kappa shape index (κ3) is 2.70. The molecule has 18 heavy (non-hydrogen) atoms. The van der Waals surface area contributed by atoms with E-state index in [0.717, 1.165) is 11.1 Å². The minimum absolute atomic E-state index is 0.263. The molecule has 0 aliphatic rings. The largest absolute Gasteiger partial charge is 0.496 e. The Hall–Kier alpha value is -1.82. The van der Waals surface area contributed by atoms with Gasteiger partial charge in [-0.1, -0.05) is 23.9 Å². The van der Waals surface area contributed by atoms with Crippen molar-refractivity contribution in [3.63, 3.8) is 0 Å². The van der Waals surface area contributed by atoms with Crippen LogP contribution in [0.3, 0.4) is 0 Å². The quantitative estimate of drug-likeness (QED) is 0.861. The number of hydrogen-bond acceptors (Lipinski definition) is 5. The summed E-state index contributed by atoms with van der Waals surface area (Å²) >= 11 is 1.20. The highest BCUT2D eigenvalue weighted by molar-refractivity contribution is 7.99. The molecule has 94 valence electrons. The van der Waals surface area contributed by atoms with Gasteiger partial charge in [-0.2, -0.15) is 0 Å². The van der Waals surface area contributed by atoms with Crippen LogP contribution in [0, 0.1) is 5.82 Å². The predicted octanol–water partition coefficient (Wildman–Crippen LogP) is 2.82. The Balaban J connectivity index is 2.33. The topological polar surface area (TPSA) is 47.0 Å². The predicted molar refractivity (Wildman–Crippen MR) is 68.7 cm³/mol. The number of para-hydroxylation sites is 1. The fourth-order valence-corrected chi connectivity index (χ4v) is 2.24. The summed E-state index contributed by atoms with van der Waals surface area (Å²) < 4.78 is 18.8. The normalized spacial score (nSPS) is 10.2. The third-order valence-corrected chi connectivity index (χ3v) is 3.25. The Labute approximate surface area is 109 Å². The molecule has 1 heterocycles. The molecule has 0 saturated carbocycles. The fraction of sp³-hybridized carbons (Fsp3) is 0.167. The van der Waals surface area contributed by atoms with Gasteiger partial charge in [0.1, 0.15) is 10.8 Å². The summed E-state index contributed by atoms with van der Waals surface area (Å²) in [6, 6.07) is 7.39. The molecule has 2 rings (SSSR count). The minimum atomic E-state index is -0.454. The summed E-state index contributed by atoms with van der Waals surface area (Å²) in [5.74, 6) is 0.616. The lowest BCUT2D eigenvalue weighted by Crippen LogP contribution is -1.99. The Morgan fingerprint density at radius 1 is 1.33 bits per heavy atom. The van der Waals surface area contributed by atoms with Crippen LogP contribution >= 0.6 is 11.8 Å². The first-order valence-electron chi connectivity index (χ1n) is 5.25. The van der Waals surface area contributed by atoms with Gasteiger partial charge in [0.15, 0.2) is 5.82 Å². The SMILES string of the molecule is CNc1ncc(F)c(Sc2ccccc2OC)n1. The lowest BCUT2D eigenvalue weighted by molar-refractivity contribution is 0.405. The number of rotatable bonds is 4. The van der Waals surface area contributed by atoms with Crippen LogP contribution in [-0.4, -0.2) is 24.1 Å². The number of nitrogens with one attached hydrogen (secondary N) is 1. The molecule has 0 atom stereocenters. The van der Waals surface area contributed by atoms with E-state index in [2.05, 4.69) is 15.3 Å². The van der Waals surface area contributed by atoms with Gasteiger partial charge in [-0.3, -0.25) is 0 Å². The summed E-state index contributed by atoms with van der Waals surface area (Å²) in [4.78, 5) is 8.68. The average Bonchev–Trinajstić information content (AvgIpc) is 2.42. The molecular weight excluding hydrogens is 253 g/mol. The molecule has 0 aliphatic carbocycles. The summed E-state index contributed by atoms with van der Waals surface area (Å²) in [5.41, 5.74) is 0. The van der Waals surface area contributed by atoms with Crippen molar-refractivity contribution in [1.29, 1.82) is 0 Å². The second-order valence-electron chi connectivity index (χ2n) is 3.35. The highest BCUT2D eigenvalue weighted by atomic mass is 32.2. The van der Waals surface area contributed by atoms with Crippen LogP contribution in [0.25, 0.3) is 0 Å². The van der Waals surface area contributed by atoms with E-state index in [1.807, 2.05) is 24.3 Å². The van der Waals surface area contributed by atoms with Crippen LogP contribution in [-0.2, 0) is 0 Å². The molecule has 1 aromatic heterocycles. The second-order valence-corrected chi connectivity index (χ2v) is 4.38. The summed E-state index contributed by atoms with van der Waals surface area (Å²) in [7, 11) is 3.26. The average molecular weight is 265 g/mol. The lowest BCUT2D eigenvalue weighted by Gasteiger charge is -2.08. The zero-order chi connectivity index (χ0) is 13.0. The van der Waals surface area contributed by atoms with E-state index in [1.54, 1.807) is 14.2 Å². The smallest absolute Gasteiger partial charge is 0.223 e. The Morgan fingerprint density at radius 3 is 2.83 bits per heavy atom. The van der Waals surface area contributed by atoms with E-state index >= 15 is 0 Å². The van der Waals surface area contributed by atoms with Crippen LogP contribution in [0.5, 0.6) is 5.75 Å². The minimum Gasteiger partial charge on any atom is -0.496 e. The first-order valence-corrected chi connectivity index (χ1v) is 6.07. The number of anilines is 1. The summed E-state index contributed by atoms with van der Waals surface area (Å²) in [6.07, 6.45) is 1.15. The van der Waals surface area contributed by atoms with Crippen molar-refractivity contribution in [2.45, 2.75) is 9.92 Å². The van der Waals surface area contributed by atoms with E-state index in [0.29, 0.717) is 11.7 Å². The number of nitrogens with zero attached hydrogens (tertiary/aromatic N) is 2. The number of aromatic nitrogens is 2. The van der Waals surface area contributed by atoms with Crippen molar-refractivity contribution >= 4 is 17.7 Å². The van der Waals surface area contributed by atoms with Gasteiger partial charge in [0.25, 0.3) is 0 Å². The van der Waals surface area contributed by atoms with Gasteiger partial charge in [0, 0.05) is 7.05 Å². The van der Waals surface area contributed by atoms with Gasteiger partial charge in [-0.05, 0) is 12.1 Å². The van der Waals surface area contributed by atoms with Crippen molar-refractivity contribution < 1.29 is 9.13 Å². The second kappa shape index (κ2) is 5.68. The van der Waals surface area contributed by atoms with Crippen LogP contribution < -0.4 is 10.1 Å². The Morgan fingerprint density at radius 2 is 2.11 bits per heavy atom. The Kier molecular flexibility index (Phi) is 3.99. The number of methoxy groups -OCH3 is 1. The molecular formula is C12H12FN3OS. The number of halogens is 1. The van der Waals surface area contributed by atoms with E-state index < -0.39 is 5.82 Å². The van der Waals surface area contributed by atoms with Crippen LogP contribution in [0.4, 0.5) is 10.3 Å². The molecule has 0 unspecified atom stereocenters.